The Morgan fingerprint density at radius 2 is 1.89 bits per heavy atom. The lowest BCUT2D eigenvalue weighted by molar-refractivity contribution is -0.144. The number of hydrogen-bond donors (Lipinski definition) is 2. The van der Waals surface area contributed by atoms with E-state index in [0.29, 0.717) is 12.1 Å². The number of nitrogens with one attached hydrogen (secondary N) is 1. The van der Waals surface area contributed by atoms with Crippen molar-refractivity contribution in [1.29, 1.82) is 0 Å². The monoisotopic (exact) mass is 279 g/mol. The maximum absolute atomic E-state index is 12.9. The maximum Gasteiger partial charge on any atom is 0.416 e. The Bertz CT molecular complexity index is 513. The topological polar surface area (TPSA) is 66.4 Å². The van der Waals surface area contributed by atoms with Gasteiger partial charge in [-0.05, 0) is 17.7 Å². The van der Waals surface area contributed by atoms with Gasteiger partial charge in [-0.25, -0.2) is 9.18 Å². The zero-order valence-corrected chi connectivity index (χ0v) is 9.58. The number of hydrogen-bond acceptors (Lipinski definition) is 2. The molecule has 0 saturated heterocycles. The van der Waals surface area contributed by atoms with Crippen LogP contribution in [0.2, 0.25) is 0 Å². The van der Waals surface area contributed by atoms with Gasteiger partial charge in [-0.1, -0.05) is 6.07 Å². The highest BCUT2D eigenvalue weighted by Gasteiger charge is 2.37. The molecule has 2 N–H and O–H groups in total. The lowest BCUT2D eigenvalue weighted by Crippen LogP contribution is -2.33. The van der Waals surface area contributed by atoms with Gasteiger partial charge in [-0.2, -0.15) is 13.2 Å². The molecule has 19 heavy (non-hydrogen) atoms. The Balaban J connectivity index is 3.38. The van der Waals surface area contributed by atoms with Crippen LogP contribution in [0.5, 0.6) is 0 Å². The summed E-state index contributed by atoms with van der Waals surface area (Å²) >= 11 is 0. The molecule has 0 fully saturated rings. The summed E-state index contributed by atoms with van der Waals surface area (Å²) in [4.78, 5) is 21.8. The SMILES string of the molecule is CC(=O)NC(C(=O)O)c1ccc(F)cc1C(F)(F)F. The number of benzene rings is 1. The average Bonchev–Trinajstić information content (AvgIpc) is 2.24. The summed E-state index contributed by atoms with van der Waals surface area (Å²) in [6, 6.07) is -0.322. The molecular formula is C11H9F4NO3. The molecule has 0 aliphatic rings. The molecule has 0 saturated carbocycles. The molecule has 1 rings (SSSR count). The van der Waals surface area contributed by atoms with Gasteiger partial charge in [0, 0.05) is 6.92 Å². The first-order chi connectivity index (χ1) is 8.62. The number of halogens is 4. The molecule has 1 aromatic carbocycles. The molecule has 0 aromatic heterocycles. The number of rotatable bonds is 3. The standard InChI is InChI=1S/C11H9F4NO3/c1-5(17)16-9(10(18)19)7-3-2-6(12)4-8(7)11(13,14)15/h2-4,9H,1H3,(H,16,17)(H,18,19). The van der Waals surface area contributed by atoms with E-state index < -0.39 is 41.0 Å². The fourth-order valence-corrected chi connectivity index (χ4v) is 1.50. The molecule has 0 bridgehead atoms. The Kier molecular flexibility index (Phi) is 4.13. The second-order valence-corrected chi connectivity index (χ2v) is 3.70. The van der Waals surface area contributed by atoms with Crippen LogP contribution >= 0.6 is 0 Å². The van der Waals surface area contributed by atoms with E-state index in [9.17, 15) is 27.2 Å². The van der Waals surface area contributed by atoms with Crippen LogP contribution < -0.4 is 5.32 Å². The molecule has 1 unspecified atom stereocenters. The van der Waals surface area contributed by atoms with Crippen molar-refractivity contribution in [2.75, 3.05) is 0 Å². The predicted octanol–water partition coefficient (Wildman–Crippen LogP) is 2.11. The number of aliphatic carboxylic acids is 1. The highest BCUT2D eigenvalue weighted by Crippen LogP contribution is 2.35. The Hall–Kier alpha value is -2.12. The highest BCUT2D eigenvalue weighted by atomic mass is 19.4. The first kappa shape index (κ1) is 14.9. The molecule has 8 heteroatoms. The van der Waals surface area contributed by atoms with E-state index in [1.54, 1.807) is 0 Å². The van der Waals surface area contributed by atoms with E-state index in [1.165, 1.54) is 0 Å². The summed E-state index contributed by atoms with van der Waals surface area (Å²) in [5.41, 5.74) is -2.16. The number of carboxylic acids is 1. The van der Waals surface area contributed by atoms with Crippen LogP contribution in [0.4, 0.5) is 17.6 Å². The van der Waals surface area contributed by atoms with E-state index >= 15 is 0 Å². The first-order valence-corrected chi connectivity index (χ1v) is 4.99. The van der Waals surface area contributed by atoms with Crippen LogP contribution in [-0.4, -0.2) is 17.0 Å². The van der Waals surface area contributed by atoms with Crippen molar-refractivity contribution in [3.8, 4) is 0 Å². The molecule has 0 spiro atoms. The molecule has 0 radical (unpaired) electrons. The molecule has 1 atom stereocenters. The van der Waals surface area contributed by atoms with Crippen molar-refractivity contribution < 1.29 is 32.3 Å². The Morgan fingerprint density at radius 3 is 2.32 bits per heavy atom. The van der Waals surface area contributed by atoms with Gasteiger partial charge < -0.3 is 10.4 Å². The third-order valence-corrected chi connectivity index (χ3v) is 2.23. The zero-order valence-electron chi connectivity index (χ0n) is 9.58. The average molecular weight is 279 g/mol. The molecule has 0 aliphatic carbocycles. The van der Waals surface area contributed by atoms with E-state index in [0.717, 1.165) is 6.92 Å². The van der Waals surface area contributed by atoms with Gasteiger partial charge in [0.2, 0.25) is 5.91 Å². The maximum atomic E-state index is 12.9. The van der Waals surface area contributed by atoms with Gasteiger partial charge in [0.25, 0.3) is 0 Å². The lowest BCUT2D eigenvalue weighted by atomic mass is 9.99. The van der Waals surface area contributed by atoms with Gasteiger partial charge in [-0.3, -0.25) is 4.79 Å². The number of carbonyl (C=O) groups excluding carboxylic acids is 1. The van der Waals surface area contributed by atoms with Gasteiger partial charge in [-0.15, -0.1) is 0 Å². The number of amides is 1. The Labute approximate surface area is 105 Å². The van der Waals surface area contributed by atoms with Crippen molar-refractivity contribution in [2.45, 2.75) is 19.1 Å². The smallest absolute Gasteiger partial charge is 0.416 e. The fraction of sp³-hybridized carbons (Fsp3) is 0.273. The van der Waals surface area contributed by atoms with Gasteiger partial charge in [0.05, 0.1) is 5.56 Å². The van der Waals surface area contributed by atoms with Gasteiger partial charge >= 0.3 is 12.1 Å². The fourth-order valence-electron chi connectivity index (χ4n) is 1.50. The van der Waals surface area contributed by atoms with E-state index in [2.05, 4.69) is 0 Å². The molecule has 0 heterocycles. The Morgan fingerprint density at radius 1 is 1.32 bits per heavy atom. The summed E-state index contributed by atoms with van der Waals surface area (Å²) in [5, 5.41) is 10.7. The van der Waals surface area contributed by atoms with E-state index in [1.807, 2.05) is 5.32 Å². The highest BCUT2D eigenvalue weighted by molar-refractivity contribution is 5.83. The van der Waals surface area contributed by atoms with Crippen molar-refractivity contribution in [1.82, 2.24) is 5.32 Å². The summed E-state index contributed by atoms with van der Waals surface area (Å²) in [5.74, 6) is -3.64. The van der Waals surface area contributed by atoms with Gasteiger partial charge in [0.1, 0.15) is 5.82 Å². The summed E-state index contributed by atoms with van der Waals surface area (Å²) in [7, 11) is 0. The molecule has 4 nitrogen and oxygen atoms in total. The normalized spacial score (nSPS) is 12.9. The van der Waals surface area contributed by atoms with Crippen LogP contribution in [0.3, 0.4) is 0 Å². The van der Waals surface area contributed by atoms with Crippen LogP contribution in [0.1, 0.15) is 24.1 Å². The van der Waals surface area contributed by atoms with Crippen LogP contribution in [0, 0.1) is 5.82 Å². The van der Waals surface area contributed by atoms with Crippen molar-refractivity contribution in [3.05, 3.63) is 35.1 Å². The number of carboxylic acid groups (broad SMARTS) is 1. The molecular weight excluding hydrogens is 270 g/mol. The molecule has 1 amide bonds. The minimum absolute atomic E-state index is 0.188. The third-order valence-electron chi connectivity index (χ3n) is 2.23. The quantitative estimate of drug-likeness (QED) is 0.833. The molecule has 104 valence electrons. The number of carbonyl (C=O) groups is 2. The van der Waals surface area contributed by atoms with Crippen molar-refractivity contribution in [3.63, 3.8) is 0 Å². The number of alkyl halides is 3. The third kappa shape index (κ3) is 3.67. The van der Waals surface area contributed by atoms with Crippen LogP contribution in [-0.2, 0) is 15.8 Å². The van der Waals surface area contributed by atoms with Crippen molar-refractivity contribution in [2.24, 2.45) is 0 Å². The lowest BCUT2D eigenvalue weighted by Gasteiger charge is -2.19. The van der Waals surface area contributed by atoms with E-state index in [-0.39, 0.29) is 6.07 Å². The van der Waals surface area contributed by atoms with E-state index in [4.69, 9.17) is 5.11 Å². The molecule has 0 aliphatic heterocycles. The zero-order chi connectivity index (χ0) is 14.8. The summed E-state index contributed by atoms with van der Waals surface area (Å²) in [6.07, 6.45) is -4.93. The summed E-state index contributed by atoms with van der Waals surface area (Å²) < 4.78 is 51.0. The second kappa shape index (κ2) is 5.25. The summed E-state index contributed by atoms with van der Waals surface area (Å²) in [6.45, 7) is 0.965. The van der Waals surface area contributed by atoms with Crippen LogP contribution in [0.25, 0.3) is 0 Å². The predicted molar refractivity (Wildman–Crippen MR) is 55.6 cm³/mol. The minimum Gasteiger partial charge on any atom is -0.479 e. The second-order valence-electron chi connectivity index (χ2n) is 3.70. The minimum atomic E-state index is -4.93. The van der Waals surface area contributed by atoms with Crippen LogP contribution in [0.15, 0.2) is 18.2 Å². The van der Waals surface area contributed by atoms with Crippen molar-refractivity contribution >= 4 is 11.9 Å². The first-order valence-electron chi connectivity index (χ1n) is 4.99. The molecule has 1 aromatic rings. The largest absolute Gasteiger partial charge is 0.479 e. The van der Waals surface area contributed by atoms with Gasteiger partial charge in [0.15, 0.2) is 6.04 Å².